The molecule has 1 atom stereocenters. The van der Waals surface area contributed by atoms with E-state index in [4.69, 9.17) is 10.5 Å². The molecule has 0 spiro atoms. The smallest absolute Gasteiger partial charge is 0.241 e. The van der Waals surface area contributed by atoms with Crippen LogP contribution >= 0.6 is 11.3 Å². The summed E-state index contributed by atoms with van der Waals surface area (Å²) in [5.74, 6) is 0.344. The van der Waals surface area contributed by atoms with E-state index in [-0.39, 0.29) is 10.9 Å². The predicted molar refractivity (Wildman–Crippen MR) is 80.5 cm³/mol. The zero-order valence-corrected chi connectivity index (χ0v) is 12.8. The quantitative estimate of drug-likeness (QED) is 0.831. The highest BCUT2D eigenvalue weighted by atomic mass is 32.2. The van der Waals surface area contributed by atoms with Gasteiger partial charge in [0.05, 0.1) is 23.7 Å². The molecule has 2 aromatic rings. The van der Waals surface area contributed by atoms with Gasteiger partial charge >= 0.3 is 0 Å². The first kappa shape index (κ1) is 14.8. The number of hydrogen-bond donors (Lipinski definition) is 2. The molecular formula is C13H16N2O3S2. The number of sulfonamides is 1. The molecule has 0 radical (unpaired) electrons. The second-order valence-electron chi connectivity index (χ2n) is 4.26. The van der Waals surface area contributed by atoms with Crippen LogP contribution in [0.5, 0.6) is 5.75 Å². The van der Waals surface area contributed by atoms with E-state index in [9.17, 15) is 8.42 Å². The molecule has 0 bridgehead atoms. The standard InChI is InChI=1S/C13H16N2O3S2/c1-9(13-4-3-7-19-13)15-20(16,17)10-5-6-11(14)12(8-10)18-2/h3-9,15H,14H2,1-2H3. The molecular weight excluding hydrogens is 296 g/mol. The van der Waals surface area contributed by atoms with Crippen molar-refractivity contribution < 1.29 is 13.2 Å². The van der Waals surface area contributed by atoms with E-state index in [1.807, 2.05) is 17.5 Å². The number of methoxy groups -OCH3 is 1. The molecule has 5 nitrogen and oxygen atoms in total. The van der Waals surface area contributed by atoms with Gasteiger partial charge < -0.3 is 10.5 Å². The van der Waals surface area contributed by atoms with Crippen LogP contribution in [0.25, 0.3) is 0 Å². The molecule has 0 aliphatic heterocycles. The Bertz CT molecular complexity index is 682. The Morgan fingerprint density at radius 1 is 1.35 bits per heavy atom. The number of nitrogen functional groups attached to an aromatic ring is 1. The molecule has 1 heterocycles. The van der Waals surface area contributed by atoms with Crippen molar-refractivity contribution in [1.29, 1.82) is 0 Å². The number of rotatable bonds is 5. The zero-order valence-electron chi connectivity index (χ0n) is 11.2. The molecule has 0 aliphatic rings. The summed E-state index contributed by atoms with van der Waals surface area (Å²) in [6, 6.07) is 7.88. The minimum absolute atomic E-state index is 0.131. The Kier molecular flexibility index (Phi) is 4.32. The average molecular weight is 312 g/mol. The molecule has 0 saturated carbocycles. The first-order chi connectivity index (χ1) is 9.44. The number of nitrogens with two attached hydrogens (primary N) is 1. The zero-order chi connectivity index (χ0) is 14.8. The number of ether oxygens (including phenoxy) is 1. The van der Waals surface area contributed by atoms with Crippen molar-refractivity contribution >= 4 is 27.0 Å². The summed E-state index contributed by atoms with van der Waals surface area (Å²) >= 11 is 1.51. The van der Waals surface area contributed by atoms with Crippen LogP contribution in [0.15, 0.2) is 40.6 Å². The van der Waals surface area contributed by atoms with Crippen LogP contribution in [0.1, 0.15) is 17.8 Å². The van der Waals surface area contributed by atoms with Crippen molar-refractivity contribution in [2.24, 2.45) is 0 Å². The Labute approximate surface area is 122 Å². The summed E-state index contributed by atoms with van der Waals surface area (Å²) in [5, 5.41) is 1.91. The minimum Gasteiger partial charge on any atom is -0.495 e. The van der Waals surface area contributed by atoms with Crippen molar-refractivity contribution in [3.63, 3.8) is 0 Å². The fourth-order valence-corrected chi connectivity index (χ4v) is 3.80. The van der Waals surface area contributed by atoms with E-state index in [0.29, 0.717) is 11.4 Å². The van der Waals surface area contributed by atoms with Crippen molar-refractivity contribution in [2.75, 3.05) is 12.8 Å². The lowest BCUT2D eigenvalue weighted by Crippen LogP contribution is -2.26. The predicted octanol–water partition coefficient (Wildman–Crippen LogP) is 2.38. The molecule has 7 heteroatoms. The van der Waals surface area contributed by atoms with Gasteiger partial charge in [-0.05, 0) is 30.5 Å². The number of nitrogens with one attached hydrogen (secondary N) is 1. The lowest BCUT2D eigenvalue weighted by atomic mass is 10.3. The topological polar surface area (TPSA) is 81.4 Å². The third kappa shape index (κ3) is 3.12. The number of hydrogen-bond acceptors (Lipinski definition) is 5. The summed E-state index contributed by atoms with van der Waals surface area (Å²) in [4.78, 5) is 1.09. The molecule has 2 rings (SSSR count). The average Bonchev–Trinajstić information content (AvgIpc) is 2.92. The second-order valence-corrected chi connectivity index (χ2v) is 6.96. The molecule has 0 saturated heterocycles. The van der Waals surface area contributed by atoms with Gasteiger partial charge in [-0.1, -0.05) is 6.07 Å². The third-order valence-corrected chi connectivity index (χ3v) is 5.41. The van der Waals surface area contributed by atoms with Crippen LogP contribution < -0.4 is 15.2 Å². The SMILES string of the molecule is COc1cc(S(=O)(=O)NC(C)c2cccs2)ccc1N. The van der Waals surface area contributed by atoms with Gasteiger partial charge in [0, 0.05) is 10.9 Å². The molecule has 1 unspecified atom stereocenters. The van der Waals surface area contributed by atoms with E-state index in [2.05, 4.69) is 4.72 Å². The molecule has 108 valence electrons. The lowest BCUT2D eigenvalue weighted by Gasteiger charge is -2.14. The molecule has 0 amide bonds. The summed E-state index contributed by atoms with van der Waals surface area (Å²) < 4.78 is 32.3. The maximum Gasteiger partial charge on any atom is 0.241 e. The van der Waals surface area contributed by atoms with Crippen LogP contribution in [-0.4, -0.2) is 15.5 Å². The van der Waals surface area contributed by atoms with Crippen molar-refractivity contribution in [2.45, 2.75) is 17.9 Å². The number of thiophene rings is 1. The third-order valence-electron chi connectivity index (χ3n) is 2.82. The maximum atomic E-state index is 12.3. The van der Waals surface area contributed by atoms with E-state index in [1.54, 1.807) is 6.92 Å². The van der Waals surface area contributed by atoms with Gasteiger partial charge in [-0.25, -0.2) is 13.1 Å². The lowest BCUT2D eigenvalue weighted by molar-refractivity contribution is 0.415. The first-order valence-electron chi connectivity index (χ1n) is 5.93. The van der Waals surface area contributed by atoms with E-state index in [1.165, 1.54) is 36.6 Å². The van der Waals surface area contributed by atoms with Crippen LogP contribution in [0.2, 0.25) is 0 Å². The fourth-order valence-electron chi connectivity index (χ4n) is 1.76. The first-order valence-corrected chi connectivity index (χ1v) is 8.29. The monoisotopic (exact) mass is 312 g/mol. The van der Waals surface area contributed by atoms with Crippen LogP contribution in [0.4, 0.5) is 5.69 Å². The Hall–Kier alpha value is -1.57. The fraction of sp³-hybridized carbons (Fsp3) is 0.231. The molecule has 20 heavy (non-hydrogen) atoms. The van der Waals surface area contributed by atoms with Gasteiger partial charge in [0.15, 0.2) is 0 Å². The molecule has 0 fully saturated rings. The van der Waals surface area contributed by atoms with Gasteiger partial charge in [0.2, 0.25) is 10.0 Å². The van der Waals surface area contributed by atoms with Crippen LogP contribution in [0.3, 0.4) is 0 Å². The number of benzene rings is 1. The van der Waals surface area contributed by atoms with Gasteiger partial charge in [0.25, 0.3) is 0 Å². The molecule has 0 aliphatic carbocycles. The second kappa shape index (κ2) is 5.82. The molecule has 1 aromatic carbocycles. The van der Waals surface area contributed by atoms with Gasteiger partial charge in [-0.3, -0.25) is 0 Å². The summed E-state index contributed by atoms with van der Waals surface area (Å²) in [6.07, 6.45) is 0. The Balaban J connectivity index is 2.26. The summed E-state index contributed by atoms with van der Waals surface area (Å²) in [7, 11) is -2.17. The molecule has 1 aromatic heterocycles. The van der Waals surface area contributed by atoms with Crippen molar-refractivity contribution in [3.8, 4) is 5.75 Å². The van der Waals surface area contributed by atoms with Gasteiger partial charge in [-0.2, -0.15) is 0 Å². The Morgan fingerprint density at radius 3 is 2.70 bits per heavy atom. The van der Waals surface area contributed by atoms with Crippen LogP contribution in [0, 0.1) is 0 Å². The van der Waals surface area contributed by atoms with E-state index in [0.717, 1.165) is 4.88 Å². The van der Waals surface area contributed by atoms with E-state index < -0.39 is 10.0 Å². The normalized spacial score (nSPS) is 13.1. The summed E-state index contributed by atoms with van der Waals surface area (Å²) in [5.41, 5.74) is 6.08. The van der Waals surface area contributed by atoms with Crippen LogP contribution in [-0.2, 0) is 10.0 Å². The minimum atomic E-state index is -3.61. The van der Waals surface area contributed by atoms with Crippen molar-refractivity contribution in [3.05, 3.63) is 40.6 Å². The van der Waals surface area contributed by atoms with E-state index >= 15 is 0 Å². The highest BCUT2D eigenvalue weighted by Gasteiger charge is 2.20. The van der Waals surface area contributed by atoms with Gasteiger partial charge in [-0.15, -0.1) is 11.3 Å². The number of anilines is 1. The summed E-state index contributed by atoms with van der Waals surface area (Å²) in [6.45, 7) is 1.80. The maximum absolute atomic E-state index is 12.3. The molecule has 3 N–H and O–H groups in total. The van der Waals surface area contributed by atoms with Crippen molar-refractivity contribution in [1.82, 2.24) is 4.72 Å². The highest BCUT2D eigenvalue weighted by molar-refractivity contribution is 7.89. The Morgan fingerprint density at radius 2 is 2.10 bits per heavy atom. The largest absolute Gasteiger partial charge is 0.495 e. The van der Waals surface area contributed by atoms with Gasteiger partial charge in [0.1, 0.15) is 5.75 Å². The highest BCUT2D eigenvalue weighted by Crippen LogP contribution is 2.26.